The monoisotopic (exact) mass is 263 g/mol. The van der Waals surface area contributed by atoms with E-state index in [1.807, 2.05) is 0 Å². The third-order valence-electron chi connectivity index (χ3n) is 3.56. The van der Waals surface area contributed by atoms with Gasteiger partial charge in [0.15, 0.2) is 0 Å². The van der Waals surface area contributed by atoms with Gasteiger partial charge in [0.25, 0.3) is 5.91 Å². The van der Waals surface area contributed by atoms with Gasteiger partial charge in [0.05, 0.1) is 11.5 Å². The number of rotatable bonds is 3. The molecule has 3 N–H and O–H groups in total. The number of carboxylic acid groups (broad SMARTS) is 1. The van der Waals surface area contributed by atoms with Gasteiger partial charge in [0, 0.05) is 6.04 Å². The second kappa shape index (κ2) is 5.73. The summed E-state index contributed by atoms with van der Waals surface area (Å²) in [5.41, 5.74) is 0.253. The number of phenols is 1. The van der Waals surface area contributed by atoms with Crippen molar-refractivity contribution in [2.45, 2.75) is 31.7 Å². The third-order valence-corrected chi connectivity index (χ3v) is 3.56. The molecular weight excluding hydrogens is 246 g/mol. The Hall–Kier alpha value is -2.04. The SMILES string of the molecule is O=C(NC1CCC(C(=O)O)CC1)c1ccccc1O. The van der Waals surface area contributed by atoms with E-state index in [1.54, 1.807) is 18.2 Å². The summed E-state index contributed by atoms with van der Waals surface area (Å²) < 4.78 is 0. The third kappa shape index (κ3) is 3.24. The van der Waals surface area contributed by atoms with Crippen molar-refractivity contribution in [3.8, 4) is 5.75 Å². The minimum atomic E-state index is -0.759. The average Bonchev–Trinajstić information content (AvgIpc) is 2.39. The highest BCUT2D eigenvalue weighted by atomic mass is 16.4. The molecule has 0 radical (unpaired) electrons. The van der Waals surface area contributed by atoms with Gasteiger partial charge in [-0.05, 0) is 37.8 Å². The van der Waals surface area contributed by atoms with E-state index in [1.165, 1.54) is 6.07 Å². The number of aromatic hydroxyl groups is 1. The van der Waals surface area contributed by atoms with E-state index in [0.29, 0.717) is 25.7 Å². The zero-order chi connectivity index (χ0) is 13.8. The molecule has 0 spiro atoms. The van der Waals surface area contributed by atoms with Gasteiger partial charge in [-0.25, -0.2) is 0 Å². The molecule has 0 bridgehead atoms. The number of amides is 1. The van der Waals surface area contributed by atoms with Crippen LogP contribution in [0.3, 0.4) is 0 Å². The first-order chi connectivity index (χ1) is 9.08. The Kier molecular flexibility index (Phi) is 4.04. The lowest BCUT2D eigenvalue weighted by Gasteiger charge is -2.26. The summed E-state index contributed by atoms with van der Waals surface area (Å²) >= 11 is 0. The van der Waals surface area contributed by atoms with Crippen LogP contribution in [0, 0.1) is 5.92 Å². The van der Waals surface area contributed by atoms with E-state index in [0.717, 1.165) is 0 Å². The number of hydrogen-bond acceptors (Lipinski definition) is 3. The molecule has 19 heavy (non-hydrogen) atoms. The second-order valence-electron chi connectivity index (χ2n) is 4.88. The number of carbonyl (C=O) groups excluding carboxylic acids is 1. The largest absolute Gasteiger partial charge is 0.507 e. The van der Waals surface area contributed by atoms with Crippen LogP contribution >= 0.6 is 0 Å². The van der Waals surface area contributed by atoms with E-state index < -0.39 is 5.97 Å². The van der Waals surface area contributed by atoms with Gasteiger partial charge < -0.3 is 15.5 Å². The first-order valence-corrected chi connectivity index (χ1v) is 6.39. The zero-order valence-corrected chi connectivity index (χ0v) is 10.5. The molecule has 5 heteroatoms. The van der Waals surface area contributed by atoms with Gasteiger partial charge in [-0.1, -0.05) is 12.1 Å². The van der Waals surface area contributed by atoms with Gasteiger partial charge in [0.1, 0.15) is 5.75 Å². The maximum absolute atomic E-state index is 12.0. The summed E-state index contributed by atoms with van der Waals surface area (Å²) in [6.07, 6.45) is 2.49. The van der Waals surface area contributed by atoms with Crippen LogP contribution in [0.15, 0.2) is 24.3 Å². The van der Waals surface area contributed by atoms with Crippen LogP contribution in [0.25, 0.3) is 0 Å². The van der Waals surface area contributed by atoms with Gasteiger partial charge in [-0.15, -0.1) is 0 Å². The molecule has 1 saturated carbocycles. The minimum absolute atomic E-state index is 0.0114. The molecule has 0 aromatic heterocycles. The molecule has 0 unspecified atom stereocenters. The Morgan fingerprint density at radius 3 is 2.32 bits per heavy atom. The topological polar surface area (TPSA) is 86.6 Å². The maximum Gasteiger partial charge on any atom is 0.306 e. The first kappa shape index (κ1) is 13.4. The number of aliphatic carboxylic acids is 1. The molecule has 0 heterocycles. The lowest BCUT2D eigenvalue weighted by molar-refractivity contribution is -0.142. The van der Waals surface area contributed by atoms with Gasteiger partial charge in [-0.2, -0.15) is 0 Å². The van der Waals surface area contributed by atoms with Gasteiger partial charge in [-0.3, -0.25) is 9.59 Å². The van der Waals surface area contributed by atoms with Crippen molar-refractivity contribution < 1.29 is 19.8 Å². The number of benzene rings is 1. The first-order valence-electron chi connectivity index (χ1n) is 6.39. The van der Waals surface area contributed by atoms with Gasteiger partial charge >= 0.3 is 5.97 Å². The van der Waals surface area contributed by atoms with E-state index in [4.69, 9.17) is 5.11 Å². The molecule has 1 aromatic carbocycles. The summed E-state index contributed by atoms with van der Waals surface area (Å²) in [5, 5.41) is 21.3. The van der Waals surface area contributed by atoms with Crippen LogP contribution in [0.5, 0.6) is 5.75 Å². The van der Waals surface area contributed by atoms with Crippen LogP contribution in [0.2, 0.25) is 0 Å². The van der Waals surface area contributed by atoms with Crippen molar-refractivity contribution in [1.82, 2.24) is 5.32 Å². The van der Waals surface area contributed by atoms with Crippen LogP contribution in [0.4, 0.5) is 0 Å². The number of hydrogen-bond donors (Lipinski definition) is 3. The molecule has 2 rings (SSSR count). The second-order valence-corrected chi connectivity index (χ2v) is 4.88. The number of nitrogens with one attached hydrogen (secondary N) is 1. The van der Waals surface area contributed by atoms with Crippen molar-refractivity contribution >= 4 is 11.9 Å². The maximum atomic E-state index is 12.0. The fourth-order valence-corrected chi connectivity index (χ4v) is 2.41. The van der Waals surface area contributed by atoms with E-state index >= 15 is 0 Å². The Bertz CT molecular complexity index is 478. The summed E-state index contributed by atoms with van der Waals surface area (Å²) in [7, 11) is 0. The molecule has 1 amide bonds. The number of carboxylic acids is 1. The van der Waals surface area contributed by atoms with Crippen molar-refractivity contribution in [3.63, 3.8) is 0 Å². The molecule has 5 nitrogen and oxygen atoms in total. The highest BCUT2D eigenvalue weighted by Gasteiger charge is 2.27. The molecule has 0 saturated heterocycles. The Morgan fingerprint density at radius 2 is 1.74 bits per heavy atom. The van der Waals surface area contributed by atoms with Crippen molar-refractivity contribution in [2.24, 2.45) is 5.92 Å². The molecule has 0 atom stereocenters. The molecule has 0 aliphatic heterocycles. The predicted octanol–water partition coefficient (Wildman–Crippen LogP) is 1.77. The fraction of sp³-hybridized carbons (Fsp3) is 0.429. The number of carbonyl (C=O) groups is 2. The Balaban J connectivity index is 1.91. The van der Waals surface area contributed by atoms with Crippen molar-refractivity contribution in [1.29, 1.82) is 0 Å². The van der Waals surface area contributed by atoms with E-state index in [-0.39, 0.29) is 29.2 Å². The standard InChI is InChI=1S/C14H17NO4/c16-12-4-2-1-3-11(12)13(17)15-10-7-5-9(6-8-10)14(18)19/h1-4,9-10,16H,5-8H2,(H,15,17)(H,18,19). The summed E-state index contributed by atoms with van der Waals surface area (Å²) in [4.78, 5) is 22.8. The summed E-state index contributed by atoms with van der Waals surface area (Å²) in [6, 6.07) is 6.37. The molecule has 102 valence electrons. The number of phenolic OH excluding ortho intramolecular Hbond substituents is 1. The normalized spacial score (nSPS) is 22.7. The smallest absolute Gasteiger partial charge is 0.306 e. The van der Waals surface area contributed by atoms with Crippen LogP contribution < -0.4 is 5.32 Å². The minimum Gasteiger partial charge on any atom is -0.507 e. The number of para-hydroxylation sites is 1. The quantitative estimate of drug-likeness (QED) is 0.775. The molecule has 1 aliphatic carbocycles. The molecule has 1 aromatic rings. The fourth-order valence-electron chi connectivity index (χ4n) is 2.41. The lowest BCUT2D eigenvalue weighted by Crippen LogP contribution is -2.38. The highest BCUT2D eigenvalue weighted by molar-refractivity contribution is 5.96. The van der Waals surface area contributed by atoms with Crippen molar-refractivity contribution in [3.05, 3.63) is 29.8 Å². The highest BCUT2D eigenvalue weighted by Crippen LogP contribution is 2.25. The zero-order valence-electron chi connectivity index (χ0n) is 10.5. The predicted molar refractivity (Wildman–Crippen MR) is 69.0 cm³/mol. The van der Waals surface area contributed by atoms with Crippen LogP contribution in [0.1, 0.15) is 36.0 Å². The summed E-state index contributed by atoms with van der Waals surface area (Å²) in [6.45, 7) is 0. The van der Waals surface area contributed by atoms with Gasteiger partial charge in [0.2, 0.25) is 0 Å². The van der Waals surface area contributed by atoms with Crippen LogP contribution in [-0.4, -0.2) is 28.1 Å². The molecule has 1 aliphatic rings. The molecule has 1 fully saturated rings. The van der Waals surface area contributed by atoms with Crippen LogP contribution in [-0.2, 0) is 4.79 Å². The molecular formula is C14H17NO4. The van der Waals surface area contributed by atoms with E-state index in [2.05, 4.69) is 5.32 Å². The van der Waals surface area contributed by atoms with E-state index in [9.17, 15) is 14.7 Å². The van der Waals surface area contributed by atoms with Crippen molar-refractivity contribution in [2.75, 3.05) is 0 Å². The Morgan fingerprint density at radius 1 is 1.11 bits per heavy atom. The summed E-state index contributed by atoms with van der Waals surface area (Å²) in [5.74, 6) is -1.40. The average molecular weight is 263 g/mol. The Labute approximate surface area is 111 Å². The lowest BCUT2D eigenvalue weighted by atomic mass is 9.86.